The van der Waals surface area contributed by atoms with Gasteiger partial charge in [-0.15, -0.1) is 5.10 Å². The Morgan fingerprint density at radius 2 is 1.85 bits per heavy atom. The van der Waals surface area contributed by atoms with Crippen LogP contribution in [0.2, 0.25) is 0 Å². The number of methoxy groups -OCH3 is 2. The van der Waals surface area contributed by atoms with Gasteiger partial charge in [0.05, 0.1) is 26.1 Å². The maximum absolute atomic E-state index is 12.9. The summed E-state index contributed by atoms with van der Waals surface area (Å²) in [7, 11) is 3.17. The Bertz CT molecular complexity index is 874. The summed E-state index contributed by atoms with van der Waals surface area (Å²) >= 11 is 0. The number of rotatable bonds is 7. The molecule has 7 nitrogen and oxygen atoms in total. The van der Waals surface area contributed by atoms with E-state index >= 15 is 0 Å². The van der Waals surface area contributed by atoms with Crippen LogP contribution >= 0.6 is 0 Å². The summed E-state index contributed by atoms with van der Waals surface area (Å²) < 4.78 is 23.5. The summed E-state index contributed by atoms with van der Waals surface area (Å²) in [6.45, 7) is 0.456. The lowest BCUT2D eigenvalue weighted by Crippen LogP contribution is -2.06. The molecule has 26 heavy (non-hydrogen) atoms. The molecule has 3 aromatic rings. The highest BCUT2D eigenvalue weighted by molar-refractivity contribution is 5.65. The summed E-state index contributed by atoms with van der Waals surface area (Å²) in [5, 5.41) is 14.1. The largest absolute Gasteiger partial charge is 0.497 e. The third-order valence-electron chi connectivity index (χ3n) is 3.59. The van der Waals surface area contributed by atoms with E-state index in [0.29, 0.717) is 29.8 Å². The molecule has 0 saturated carbocycles. The first kappa shape index (κ1) is 17.4. The molecule has 0 spiro atoms. The Balaban J connectivity index is 1.70. The molecule has 1 heterocycles. The van der Waals surface area contributed by atoms with Gasteiger partial charge in [-0.2, -0.15) is 10.1 Å². The molecule has 1 aromatic heterocycles. The van der Waals surface area contributed by atoms with E-state index in [2.05, 4.69) is 25.8 Å². The fraction of sp³-hybridized carbons (Fsp3) is 0.167. The highest BCUT2D eigenvalue weighted by atomic mass is 19.1. The second-order valence-electron chi connectivity index (χ2n) is 5.34. The van der Waals surface area contributed by atoms with Crippen LogP contribution in [0.5, 0.6) is 11.5 Å². The van der Waals surface area contributed by atoms with Crippen LogP contribution in [0, 0.1) is 5.82 Å². The van der Waals surface area contributed by atoms with Gasteiger partial charge in [-0.1, -0.05) is 12.1 Å². The molecule has 0 atom stereocenters. The molecule has 0 aliphatic rings. The molecule has 0 bridgehead atoms. The van der Waals surface area contributed by atoms with Gasteiger partial charge in [0.1, 0.15) is 17.3 Å². The van der Waals surface area contributed by atoms with Crippen molar-refractivity contribution in [1.82, 2.24) is 15.2 Å². The fourth-order valence-electron chi connectivity index (χ4n) is 2.26. The average Bonchev–Trinajstić information content (AvgIpc) is 2.68. The summed E-state index contributed by atoms with van der Waals surface area (Å²) in [4.78, 5) is 4.36. The molecule has 0 unspecified atom stereocenters. The molecule has 0 aliphatic carbocycles. The van der Waals surface area contributed by atoms with Gasteiger partial charge < -0.3 is 20.1 Å². The average molecular weight is 355 g/mol. The molecule has 2 N–H and O–H groups in total. The number of aromatic nitrogens is 3. The smallest absolute Gasteiger partial charge is 0.244 e. The third kappa shape index (κ3) is 4.35. The van der Waals surface area contributed by atoms with Gasteiger partial charge in [0, 0.05) is 12.6 Å². The van der Waals surface area contributed by atoms with Gasteiger partial charge >= 0.3 is 0 Å². The van der Waals surface area contributed by atoms with Gasteiger partial charge in [0.2, 0.25) is 5.95 Å². The lowest BCUT2D eigenvalue weighted by Gasteiger charge is -2.12. The highest BCUT2D eigenvalue weighted by Crippen LogP contribution is 2.30. The Morgan fingerprint density at radius 3 is 2.58 bits per heavy atom. The number of nitrogens with one attached hydrogen (secondary N) is 2. The first-order chi connectivity index (χ1) is 12.7. The van der Waals surface area contributed by atoms with Crippen LogP contribution in [0.25, 0.3) is 0 Å². The van der Waals surface area contributed by atoms with Crippen molar-refractivity contribution in [2.75, 3.05) is 24.9 Å². The zero-order valence-electron chi connectivity index (χ0n) is 14.4. The molecular weight excluding hydrogens is 337 g/mol. The predicted octanol–water partition coefficient (Wildman–Crippen LogP) is 3.38. The van der Waals surface area contributed by atoms with Crippen molar-refractivity contribution >= 4 is 17.5 Å². The quantitative estimate of drug-likeness (QED) is 0.672. The van der Waals surface area contributed by atoms with E-state index < -0.39 is 0 Å². The number of nitrogens with zero attached hydrogens (tertiary/aromatic N) is 3. The van der Waals surface area contributed by atoms with E-state index in [0.717, 1.165) is 11.3 Å². The monoisotopic (exact) mass is 355 g/mol. The minimum absolute atomic E-state index is 0.272. The van der Waals surface area contributed by atoms with Crippen LogP contribution < -0.4 is 20.1 Å². The van der Waals surface area contributed by atoms with E-state index in [1.54, 1.807) is 32.4 Å². The standard InChI is InChI=1S/C18H18FN5O2/c1-25-14-7-8-15(16(9-14)26-2)22-17-11-21-24-18(23-17)20-10-12-3-5-13(19)6-4-12/h3-9,11H,10H2,1-2H3,(H2,20,22,23,24). The van der Waals surface area contributed by atoms with Crippen molar-refractivity contribution in [3.05, 3.63) is 60.0 Å². The third-order valence-corrected chi connectivity index (χ3v) is 3.59. The molecule has 2 aromatic carbocycles. The van der Waals surface area contributed by atoms with Crippen LogP contribution in [0.3, 0.4) is 0 Å². The second-order valence-corrected chi connectivity index (χ2v) is 5.34. The van der Waals surface area contributed by atoms with Crippen molar-refractivity contribution in [1.29, 1.82) is 0 Å². The number of ether oxygens (including phenoxy) is 2. The molecule has 134 valence electrons. The van der Waals surface area contributed by atoms with E-state index in [1.165, 1.54) is 18.3 Å². The minimum Gasteiger partial charge on any atom is -0.497 e. The van der Waals surface area contributed by atoms with Crippen LogP contribution in [0.1, 0.15) is 5.56 Å². The lowest BCUT2D eigenvalue weighted by molar-refractivity contribution is 0.395. The molecule has 0 aliphatic heterocycles. The maximum Gasteiger partial charge on any atom is 0.244 e. The molecule has 3 rings (SSSR count). The van der Waals surface area contributed by atoms with E-state index in [4.69, 9.17) is 9.47 Å². The Labute approximate surface area is 150 Å². The van der Waals surface area contributed by atoms with Crippen molar-refractivity contribution < 1.29 is 13.9 Å². The van der Waals surface area contributed by atoms with Gasteiger partial charge in [0.25, 0.3) is 0 Å². The number of hydrogen-bond donors (Lipinski definition) is 2. The van der Waals surface area contributed by atoms with E-state index in [1.807, 2.05) is 12.1 Å². The summed E-state index contributed by atoms with van der Waals surface area (Å²) in [6.07, 6.45) is 1.51. The van der Waals surface area contributed by atoms with Crippen LogP contribution in [0.4, 0.5) is 21.8 Å². The van der Waals surface area contributed by atoms with Gasteiger partial charge in [-0.25, -0.2) is 4.39 Å². The molecule has 0 saturated heterocycles. The molecule has 0 radical (unpaired) electrons. The van der Waals surface area contributed by atoms with Crippen LogP contribution in [0.15, 0.2) is 48.7 Å². The van der Waals surface area contributed by atoms with Crippen molar-refractivity contribution in [3.63, 3.8) is 0 Å². The van der Waals surface area contributed by atoms with Gasteiger partial charge in [-0.3, -0.25) is 0 Å². The van der Waals surface area contributed by atoms with E-state index in [-0.39, 0.29) is 5.82 Å². The topological polar surface area (TPSA) is 81.2 Å². The second kappa shape index (κ2) is 8.11. The molecule has 8 heteroatoms. The minimum atomic E-state index is -0.272. The summed E-state index contributed by atoms with van der Waals surface area (Å²) in [5.41, 5.74) is 1.63. The number of halogens is 1. The number of benzene rings is 2. The zero-order chi connectivity index (χ0) is 18.4. The first-order valence-electron chi connectivity index (χ1n) is 7.85. The summed E-state index contributed by atoms with van der Waals surface area (Å²) in [6, 6.07) is 11.6. The lowest BCUT2D eigenvalue weighted by atomic mass is 10.2. The summed E-state index contributed by atoms with van der Waals surface area (Å²) in [5.74, 6) is 1.89. The SMILES string of the molecule is COc1ccc(Nc2cnnc(NCc3ccc(F)cc3)n2)c(OC)c1. The molecule has 0 fully saturated rings. The Kier molecular flexibility index (Phi) is 5.43. The molecular formula is C18H18FN5O2. The predicted molar refractivity (Wildman–Crippen MR) is 96.4 cm³/mol. The van der Waals surface area contributed by atoms with E-state index in [9.17, 15) is 4.39 Å². The Hall–Kier alpha value is -3.42. The normalized spacial score (nSPS) is 10.3. The van der Waals surface area contributed by atoms with Gasteiger partial charge in [-0.05, 0) is 29.8 Å². The number of anilines is 3. The zero-order valence-corrected chi connectivity index (χ0v) is 14.4. The fourth-order valence-corrected chi connectivity index (χ4v) is 2.26. The first-order valence-corrected chi connectivity index (χ1v) is 7.85. The van der Waals surface area contributed by atoms with Crippen LogP contribution in [-0.2, 0) is 6.54 Å². The number of hydrogen-bond acceptors (Lipinski definition) is 7. The van der Waals surface area contributed by atoms with Crippen molar-refractivity contribution in [2.24, 2.45) is 0 Å². The van der Waals surface area contributed by atoms with Crippen molar-refractivity contribution in [2.45, 2.75) is 6.54 Å². The van der Waals surface area contributed by atoms with Crippen LogP contribution in [-0.4, -0.2) is 29.4 Å². The maximum atomic E-state index is 12.9. The Morgan fingerprint density at radius 1 is 1.04 bits per heavy atom. The van der Waals surface area contributed by atoms with Gasteiger partial charge in [0.15, 0.2) is 5.82 Å². The van der Waals surface area contributed by atoms with Crippen molar-refractivity contribution in [3.8, 4) is 11.5 Å². The molecule has 0 amide bonds. The highest BCUT2D eigenvalue weighted by Gasteiger charge is 2.07.